The van der Waals surface area contributed by atoms with Crippen LogP contribution in [-0.2, 0) is 6.54 Å². The van der Waals surface area contributed by atoms with Crippen molar-refractivity contribution < 1.29 is 9.90 Å². The second kappa shape index (κ2) is 5.24. The predicted molar refractivity (Wildman–Crippen MR) is 70.4 cm³/mol. The Hall–Kier alpha value is -1.14. The third-order valence-corrected chi connectivity index (χ3v) is 4.21. The van der Waals surface area contributed by atoms with Crippen LogP contribution in [0.25, 0.3) is 0 Å². The topological polar surface area (TPSA) is 74.2 Å². The summed E-state index contributed by atoms with van der Waals surface area (Å²) in [6, 6.07) is -0.232. The number of hydrogen-bond donors (Lipinski definition) is 3. The summed E-state index contributed by atoms with van der Waals surface area (Å²) in [4.78, 5) is 16.9. The van der Waals surface area contributed by atoms with Crippen molar-refractivity contribution in [2.75, 3.05) is 6.61 Å². The van der Waals surface area contributed by atoms with Gasteiger partial charge in [-0.05, 0) is 32.6 Å². The highest BCUT2D eigenvalue weighted by atomic mass is 32.1. The van der Waals surface area contributed by atoms with E-state index in [1.807, 2.05) is 13.8 Å². The van der Waals surface area contributed by atoms with Gasteiger partial charge in [-0.25, -0.2) is 9.78 Å². The van der Waals surface area contributed by atoms with E-state index >= 15 is 0 Å². The Morgan fingerprint density at radius 3 is 2.89 bits per heavy atom. The molecule has 2 rings (SSSR count). The SMILES string of the molecule is Cc1ncc(CNC(=O)NC(C)(CO)C2CC2)s1. The van der Waals surface area contributed by atoms with Crippen LogP contribution in [0.5, 0.6) is 0 Å². The Morgan fingerprint density at radius 2 is 2.39 bits per heavy atom. The van der Waals surface area contributed by atoms with Crippen LogP contribution in [0.2, 0.25) is 0 Å². The van der Waals surface area contributed by atoms with Crippen molar-refractivity contribution in [3.63, 3.8) is 0 Å². The highest BCUT2D eigenvalue weighted by Gasteiger charge is 2.42. The first-order valence-corrected chi connectivity index (χ1v) is 6.93. The van der Waals surface area contributed by atoms with E-state index in [1.54, 1.807) is 17.5 Å². The molecule has 1 aromatic rings. The lowest BCUT2D eigenvalue weighted by Gasteiger charge is -2.28. The lowest BCUT2D eigenvalue weighted by Crippen LogP contribution is -2.53. The lowest BCUT2D eigenvalue weighted by molar-refractivity contribution is 0.155. The van der Waals surface area contributed by atoms with Crippen LogP contribution < -0.4 is 10.6 Å². The number of aromatic nitrogens is 1. The van der Waals surface area contributed by atoms with E-state index in [-0.39, 0.29) is 12.6 Å². The van der Waals surface area contributed by atoms with Crippen molar-refractivity contribution >= 4 is 17.4 Å². The Labute approximate surface area is 111 Å². The van der Waals surface area contributed by atoms with E-state index in [9.17, 15) is 9.90 Å². The van der Waals surface area contributed by atoms with E-state index in [0.717, 1.165) is 22.7 Å². The maximum Gasteiger partial charge on any atom is 0.315 e. The molecule has 0 spiro atoms. The first-order chi connectivity index (χ1) is 8.53. The number of urea groups is 1. The maximum absolute atomic E-state index is 11.8. The van der Waals surface area contributed by atoms with Crippen molar-refractivity contribution in [1.82, 2.24) is 15.6 Å². The van der Waals surface area contributed by atoms with Gasteiger partial charge in [-0.2, -0.15) is 0 Å². The molecule has 0 aliphatic heterocycles. The molecule has 5 nitrogen and oxygen atoms in total. The molecule has 2 amide bonds. The summed E-state index contributed by atoms with van der Waals surface area (Å²) in [7, 11) is 0. The normalized spacial score (nSPS) is 18.2. The minimum atomic E-state index is -0.492. The molecule has 1 aliphatic carbocycles. The molecule has 18 heavy (non-hydrogen) atoms. The van der Waals surface area contributed by atoms with Crippen molar-refractivity contribution in [2.45, 2.75) is 38.8 Å². The number of hydrogen-bond acceptors (Lipinski definition) is 4. The number of thiazole rings is 1. The van der Waals surface area contributed by atoms with Crippen LogP contribution >= 0.6 is 11.3 Å². The van der Waals surface area contributed by atoms with E-state index in [1.165, 1.54) is 0 Å². The average molecular weight is 269 g/mol. The molecule has 1 aromatic heterocycles. The zero-order chi connectivity index (χ0) is 13.2. The summed E-state index contributed by atoms with van der Waals surface area (Å²) >= 11 is 1.57. The van der Waals surface area contributed by atoms with Crippen LogP contribution in [0.15, 0.2) is 6.20 Å². The number of aliphatic hydroxyl groups is 1. The Kier molecular flexibility index (Phi) is 3.87. The summed E-state index contributed by atoms with van der Waals surface area (Å²) in [6.07, 6.45) is 3.92. The third kappa shape index (κ3) is 3.20. The summed E-state index contributed by atoms with van der Waals surface area (Å²) < 4.78 is 0. The van der Waals surface area contributed by atoms with Crippen molar-refractivity contribution in [2.24, 2.45) is 5.92 Å². The van der Waals surface area contributed by atoms with Gasteiger partial charge < -0.3 is 15.7 Å². The van der Waals surface area contributed by atoms with Gasteiger partial charge in [0.05, 0.1) is 23.7 Å². The Morgan fingerprint density at radius 1 is 1.67 bits per heavy atom. The Balaban J connectivity index is 1.81. The maximum atomic E-state index is 11.8. The number of amides is 2. The molecule has 6 heteroatoms. The zero-order valence-corrected chi connectivity index (χ0v) is 11.5. The molecule has 0 radical (unpaired) electrons. The molecule has 3 N–H and O–H groups in total. The lowest BCUT2D eigenvalue weighted by atomic mass is 9.97. The van der Waals surface area contributed by atoms with Crippen LogP contribution in [0.4, 0.5) is 4.79 Å². The quantitative estimate of drug-likeness (QED) is 0.756. The third-order valence-electron chi connectivity index (χ3n) is 3.30. The van der Waals surface area contributed by atoms with Gasteiger partial charge in [-0.1, -0.05) is 0 Å². The standard InChI is InChI=1S/C12H19N3O2S/c1-8-13-5-10(18-8)6-14-11(17)15-12(2,7-16)9-3-4-9/h5,9,16H,3-4,6-7H2,1-2H3,(H2,14,15,17). The Bertz CT molecular complexity index is 431. The molecule has 1 saturated carbocycles. The largest absolute Gasteiger partial charge is 0.394 e. The second-order valence-electron chi connectivity index (χ2n) is 5.00. The fraction of sp³-hybridized carbons (Fsp3) is 0.667. The second-order valence-corrected chi connectivity index (χ2v) is 6.32. The van der Waals surface area contributed by atoms with Crippen LogP contribution in [0.3, 0.4) is 0 Å². The number of carbonyl (C=O) groups is 1. The van der Waals surface area contributed by atoms with E-state index in [2.05, 4.69) is 15.6 Å². The van der Waals surface area contributed by atoms with Crippen LogP contribution in [0, 0.1) is 12.8 Å². The molecule has 1 unspecified atom stereocenters. The molecular weight excluding hydrogens is 250 g/mol. The molecule has 0 aromatic carbocycles. The molecule has 1 heterocycles. The van der Waals surface area contributed by atoms with Gasteiger partial charge in [0, 0.05) is 11.1 Å². The number of rotatable bonds is 5. The number of nitrogens with zero attached hydrogens (tertiary/aromatic N) is 1. The minimum Gasteiger partial charge on any atom is -0.394 e. The molecule has 1 aliphatic rings. The molecule has 100 valence electrons. The van der Waals surface area contributed by atoms with E-state index in [0.29, 0.717) is 12.5 Å². The van der Waals surface area contributed by atoms with Gasteiger partial charge in [0.2, 0.25) is 0 Å². The van der Waals surface area contributed by atoms with E-state index < -0.39 is 5.54 Å². The fourth-order valence-corrected chi connectivity index (χ4v) is 2.68. The van der Waals surface area contributed by atoms with Crippen LogP contribution in [0.1, 0.15) is 29.7 Å². The van der Waals surface area contributed by atoms with Gasteiger partial charge >= 0.3 is 6.03 Å². The monoisotopic (exact) mass is 269 g/mol. The summed E-state index contributed by atoms with van der Waals surface area (Å²) in [5.74, 6) is 0.402. The van der Waals surface area contributed by atoms with E-state index in [4.69, 9.17) is 0 Å². The number of aryl methyl sites for hydroxylation is 1. The summed E-state index contributed by atoms with van der Waals surface area (Å²) in [5, 5.41) is 16.0. The predicted octanol–water partition coefficient (Wildman–Crippen LogP) is 1.41. The number of carbonyl (C=O) groups excluding carboxylic acids is 1. The van der Waals surface area contributed by atoms with Gasteiger partial charge in [0.25, 0.3) is 0 Å². The molecular formula is C12H19N3O2S. The van der Waals surface area contributed by atoms with Gasteiger partial charge in [0.15, 0.2) is 0 Å². The molecule has 1 fully saturated rings. The smallest absolute Gasteiger partial charge is 0.315 e. The number of aliphatic hydroxyl groups excluding tert-OH is 1. The average Bonchev–Trinajstić information content (AvgIpc) is 3.11. The molecule has 0 saturated heterocycles. The highest BCUT2D eigenvalue weighted by molar-refractivity contribution is 7.11. The van der Waals surface area contributed by atoms with Gasteiger partial charge in [-0.3, -0.25) is 0 Å². The highest BCUT2D eigenvalue weighted by Crippen LogP contribution is 2.39. The summed E-state index contributed by atoms with van der Waals surface area (Å²) in [5.41, 5.74) is -0.492. The van der Waals surface area contributed by atoms with Gasteiger partial charge in [-0.15, -0.1) is 11.3 Å². The van der Waals surface area contributed by atoms with Gasteiger partial charge in [0.1, 0.15) is 0 Å². The number of nitrogens with one attached hydrogen (secondary N) is 2. The fourth-order valence-electron chi connectivity index (χ4n) is 1.95. The zero-order valence-electron chi connectivity index (χ0n) is 10.7. The van der Waals surface area contributed by atoms with Crippen molar-refractivity contribution in [3.8, 4) is 0 Å². The minimum absolute atomic E-state index is 0.0231. The van der Waals surface area contributed by atoms with Crippen molar-refractivity contribution in [1.29, 1.82) is 0 Å². The van der Waals surface area contributed by atoms with Crippen molar-refractivity contribution in [3.05, 3.63) is 16.1 Å². The molecule has 1 atom stereocenters. The van der Waals surface area contributed by atoms with Crippen LogP contribution in [-0.4, -0.2) is 28.3 Å². The first-order valence-electron chi connectivity index (χ1n) is 6.11. The first kappa shape index (κ1) is 13.3. The molecule has 0 bridgehead atoms. The summed E-state index contributed by atoms with van der Waals surface area (Å²) in [6.45, 7) is 4.28.